The van der Waals surface area contributed by atoms with Crippen molar-refractivity contribution in [2.45, 2.75) is 52.0 Å². The molecule has 3 nitrogen and oxygen atoms in total. The molecule has 0 bridgehead atoms. The van der Waals surface area contributed by atoms with E-state index in [9.17, 15) is 4.79 Å². The summed E-state index contributed by atoms with van der Waals surface area (Å²) in [4.78, 5) is 13.6. The van der Waals surface area contributed by atoms with Crippen LogP contribution in [0.2, 0.25) is 0 Å². The maximum absolute atomic E-state index is 11.7. The molecule has 2 N–H and O–H groups in total. The lowest BCUT2D eigenvalue weighted by molar-refractivity contribution is -0.140. The van der Waals surface area contributed by atoms with Gasteiger partial charge in [-0.1, -0.05) is 33.6 Å². The van der Waals surface area contributed by atoms with E-state index in [4.69, 9.17) is 5.73 Å². The second-order valence-electron chi connectivity index (χ2n) is 5.09. The Morgan fingerprint density at radius 3 is 2.47 bits per heavy atom. The van der Waals surface area contributed by atoms with E-state index in [1.165, 1.54) is 6.42 Å². The number of carbonyl (C=O) groups excluding carboxylic acids is 1. The second-order valence-corrected chi connectivity index (χ2v) is 5.09. The molecule has 0 aliphatic carbocycles. The van der Waals surface area contributed by atoms with Gasteiger partial charge >= 0.3 is 0 Å². The lowest BCUT2D eigenvalue weighted by Crippen LogP contribution is -2.71. The molecule has 0 spiro atoms. The first-order valence-corrected chi connectivity index (χ1v) is 6.06. The van der Waals surface area contributed by atoms with Gasteiger partial charge in [-0.05, 0) is 12.3 Å². The molecule has 0 aromatic carbocycles. The van der Waals surface area contributed by atoms with Crippen molar-refractivity contribution in [3.8, 4) is 0 Å². The SMILES string of the molecule is CCCCCC(=O)N1CC(N)(C(C)C)C1. The predicted octanol–water partition coefficient (Wildman–Crippen LogP) is 1.76. The summed E-state index contributed by atoms with van der Waals surface area (Å²) in [7, 11) is 0. The number of amides is 1. The summed E-state index contributed by atoms with van der Waals surface area (Å²) in [5.74, 6) is 0.738. The third kappa shape index (κ3) is 2.94. The molecule has 0 aromatic rings. The highest BCUT2D eigenvalue weighted by atomic mass is 16.2. The third-order valence-electron chi connectivity index (χ3n) is 3.47. The predicted molar refractivity (Wildman–Crippen MR) is 62.5 cm³/mol. The summed E-state index contributed by atoms with van der Waals surface area (Å²) in [6, 6.07) is 0. The van der Waals surface area contributed by atoms with Crippen LogP contribution in [0.5, 0.6) is 0 Å². The molecule has 1 heterocycles. The standard InChI is InChI=1S/C12H24N2O/c1-4-5-6-7-11(15)14-8-12(13,9-14)10(2)3/h10H,4-9,13H2,1-3H3. The fourth-order valence-electron chi connectivity index (χ4n) is 1.89. The number of unbranched alkanes of at least 4 members (excludes halogenated alkanes) is 2. The molecule has 15 heavy (non-hydrogen) atoms. The fraction of sp³-hybridized carbons (Fsp3) is 0.917. The maximum Gasteiger partial charge on any atom is 0.222 e. The topological polar surface area (TPSA) is 46.3 Å². The lowest BCUT2D eigenvalue weighted by atomic mass is 9.80. The summed E-state index contributed by atoms with van der Waals surface area (Å²) >= 11 is 0. The number of hydrogen-bond donors (Lipinski definition) is 1. The molecule has 0 radical (unpaired) electrons. The Labute approximate surface area is 93.0 Å². The van der Waals surface area contributed by atoms with Gasteiger partial charge in [0.05, 0.1) is 5.54 Å². The highest BCUT2D eigenvalue weighted by Gasteiger charge is 2.43. The molecule has 0 unspecified atom stereocenters. The molecule has 1 aliphatic heterocycles. The normalized spacial score (nSPS) is 19.1. The van der Waals surface area contributed by atoms with Crippen LogP contribution in [0.25, 0.3) is 0 Å². The first kappa shape index (κ1) is 12.5. The minimum absolute atomic E-state index is 0.125. The van der Waals surface area contributed by atoms with Crippen molar-refractivity contribution < 1.29 is 4.79 Å². The number of carbonyl (C=O) groups is 1. The summed E-state index contributed by atoms with van der Waals surface area (Å²) in [6.45, 7) is 7.89. The van der Waals surface area contributed by atoms with Gasteiger partial charge < -0.3 is 10.6 Å². The van der Waals surface area contributed by atoms with Crippen molar-refractivity contribution in [3.05, 3.63) is 0 Å². The van der Waals surface area contributed by atoms with Gasteiger partial charge in [-0.25, -0.2) is 0 Å². The number of likely N-dealkylation sites (tertiary alicyclic amines) is 1. The van der Waals surface area contributed by atoms with Crippen molar-refractivity contribution >= 4 is 5.91 Å². The van der Waals surface area contributed by atoms with Crippen LogP contribution in [0.1, 0.15) is 46.5 Å². The quantitative estimate of drug-likeness (QED) is 0.706. The van der Waals surface area contributed by atoms with Crippen molar-refractivity contribution in [3.63, 3.8) is 0 Å². The van der Waals surface area contributed by atoms with Gasteiger partial charge in [0.2, 0.25) is 5.91 Å². The molecule has 1 saturated heterocycles. The van der Waals surface area contributed by atoms with E-state index in [2.05, 4.69) is 20.8 Å². The minimum atomic E-state index is -0.125. The van der Waals surface area contributed by atoms with Crippen LogP contribution < -0.4 is 5.73 Å². The first-order chi connectivity index (χ1) is 6.99. The van der Waals surface area contributed by atoms with Gasteiger partial charge in [-0.2, -0.15) is 0 Å². The minimum Gasteiger partial charge on any atom is -0.339 e. The van der Waals surface area contributed by atoms with Crippen molar-refractivity contribution in [1.82, 2.24) is 4.90 Å². The number of hydrogen-bond acceptors (Lipinski definition) is 2. The van der Waals surface area contributed by atoms with Gasteiger partial charge in [0, 0.05) is 19.5 Å². The Bertz CT molecular complexity index is 220. The van der Waals surface area contributed by atoms with Crippen LogP contribution in [0, 0.1) is 5.92 Å². The summed E-state index contributed by atoms with van der Waals surface area (Å²) in [5.41, 5.74) is 6.01. The van der Waals surface area contributed by atoms with Gasteiger partial charge in [-0.3, -0.25) is 4.79 Å². The highest BCUT2D eigenvalue weighted by molar-refractivity contribution is 5.77. The van der Waals surface area contributed by atoms with E-state index in [-0.39, 0.29) is 11.4 Å². The lowest BCUT2D eigenvalue weighted by Gasteiger charge is -2.50. The molecule has 88 valence electrons. The smallest absolute Gasteiger partial charge is 0.222 e. The van der Waals surface area contributed by atoms with E-state index in [1.54, 1.807) is 0 Å². The number of rotatable bonds is 5. The van der Waals surface area contributed by atoms with Gasteiger partial charge in [0.15, 0.2) is 0 Å². The Hall–Kier alpha value is -0.570. The molecular weight excluding hydrogens is 188 g/mol. The second kappa shape index (κ2) is 4.97. The van der Waals surface area contributed by atoms with Gasteiger partial charge in [0.25, 0.3) is 0 Å². The Balaban J connectivity index is 2.23. The fourth-order valence-corrected chi connectivity index (χ4v) is 1.89. The summed E-state index contributed by atoms with van der Waals surface area (Å²) in [6.07, 6.45) is 4.03. The van der Waals surface area contributed by atoms with Gasteiger partial charge in [-0.15, -0.1) is 0 Å². The molecule has 0 atom stereocenters. The Morgan fingerprint density at radius 1 is 1.40 bits per heavy atom. The Kier molecular flexibility index (Phi) is 4.14. The summed E-state index contributed by atoms with van der Waals surface area (Å²) in [5, 5.41) is 0. The Morgan fingerprint density at radius 2 is 2.00 bits per heavy atom. The van der Waals surface area contributed by atoms with E-state index < -0.39 is 0 Å². The average molecular weight is 212 g/mol. The van der Waals surface area contributed by atoms with Crippen molar-refractivity contribution in [1.29, 1.82) is 0 Å². The molecule has 1 fully saturated rings. The average Bonchev–Trinajstić information content (AvgIpc) is 2.12. The van der Waals surface area contributed by atoms with E-state index in [0.717, 1.165) is 25.9 Å². The van der Waals surface area contributed by atoms with Crippen LogP contribution in [0.4, 0.5) is 0 Å². The molecular formula is C12H24N2O. The van der Waals surface area contributed by atoms with Crippen LogP contribution in [0.15, 0.2) is 0 Å². The molecule has 0 aromatic heterocycles. The molecule has 1 rings (SSSR count). The molecule has 0 saturated carbocycles. The summed E-state index contributed by atoms with van der Waals surface area (Å²) < 4.78 is 0. The number of nitrogens with zero attached hydrogens (tertiary/aromatic N) is 1. The van der Waals surface area contributed by atoms with Crippen LogP contribution >= 0.6 is 0 Å². The third-order valence-corrected chi connectivity index (χ3v) is 3.47. The van der Waals surface area contributed by atoms with E-state index >= 15 is 0 Å². The highest BCUT2D eigenvalue weighted by Crippen LogP contribution is 2.26. The van der Waals surface area contributed by atoms with Gasteiger partial charge in [0.1, 0.15) is 0 Å². The van der Waals surface area contributed by atoms with Crippen molar-refractivity contribution in [2.24, 2.45) is 11.7 Å². The van der Waals surface area contributed by atoms with Crippen LogP contribution in [-0.2, 0) is 4.79 Å². The van der Waals surface area contributed by atoms with E-state index in [1.807, 2.05) is 4.90 Å². The first-order valence-electron chi connectivity index (χ1n) is 6.06. The largest absolute Gasteiger partial charge is 0.339 e. The van der Waals surface area contributed by atoms with E-state index in [0.29, 0.717) is 12.3 Å². The monoisotopic (exact) mass is 212 g/mol. The van der Waals surface area contributed by atoms with Crippen molar-refractivity contribution in [2.75, 3.05) is 13.1 Å². The maximum atomic E-state index is 11.7. The van der Waals surface area contributed by atoms with Crippen LogP contribution in [0.3, 0.4) is 0 Å². The zero-order valence-electron chi connectivity index (χ0n) is 10.3. The van der Waals surface area contributed by atoms with Crippen LogP contribution in [-0.4, -0.2) is 29.4 Å². The molecule has 1 amide bonds. The molecule has 1 aliphatic rings. The molecule has 3 heteroatoms. The zero-order chi connectivity index (χ0) is 11.5. The number of nitrogens with two attached hydrogens (primary N) is 1. The zero-order valence-corrected chi connectivity index (χ0v) is 10.3.